The van der Waals surface area contributed by atoms with Gasteiger partial charge in [0.05, 0.1) is 6.10 Å². The van der Waals surface area contributed by atoms with Gasteiger partial charge in [-0.1, -0.05) is 0 Å². The molecule has 0 radical (unpaired) electrons. The van der Waals surface area contributed by atoms with Gasteiger partial charge in [0, 0.05) is 32.1 Å². The first kappa shape index (κ1) is 12.5. The zero-order valence-electron chi connectivity index (χ0n) is 9.89. The van der Waals surface area contributed by atoms with Crippen molar-refractivity contribution >= 4 is 17.2 Å². The van der Waals surface area contributed by atoms with E-state index in [1.165, 1.54) is 11.3 Å². The Morgan fingerprint density at radius 1 is 1.76 bits per heavy atom. The van der Waals surface area contributed by atoms with Crippen LogP contribution >= 0.6 is 11.3 Å². The molecule has 1 aliphatic heterocycles. The number of thiazole rings is 1. The van der Waals surface area contributed by atoms with Crippen LogP contribution in [0.3, 0.4) is 0 Å². The van der Waals surface area contributed by atoms with E-state index in [0.29, 0.717) is 18.8 Å². The number of likely N-dealkylation sites (tertiary alicyclic amines) is 1. The number of carbonyl (C=O) groups excluding carboxylic acids is 1. The third kappa shape index (κ3) is 2.83. The lowest BCUT2D eigenvalue weighted by molar-refractivity contribution is 0.0266. The lowest BCUT2D eigenvalue weighted by atomic mass is 10.1. The molecule has 6 heteroatoms. The fourth-order valence-corrected chi connectivity index (χ4v) is 2.63. The highest BCUT2D eigenvalue weighted by Crippen LogP contribution is 2.17. The molecule has 0 aromatic carbocycles. The predicted octanol–water partition coefficient (Wildman–Crippen LogP) is 0.853. The van der Waals surface area contributed by atoms with E-state index in [-0.39, 0.29) is 12.0 Å². The van der Waals surface area contributed by atoms with Gasteiger partial charge in [0.1, 0.15) is 10.7 Å². The Bertz CT molecular complexity index is 394. The van der Waals surface area contributed by atoms with Crippen LogP contribution in [0, 0.1) is 0 Å². The Hall–Kier alpha value is -0.980. The van der Waals surface area contributed by atoms with Crippen molar-refractivity contribution < 1.29 is 9.53 Å². The van der Waals surface area contributed by atoms with Gasteiger partial charge in [-0.3, -0.25) is 4.79 Å². The summed E-state index contributed by atoms with van der Waals surface area (Å²) in [6.07, 6.45) is 2.16. The molecule has 2 N–H and O–H groups in total. The largest absolute Gasteiger partial charge is 0.380 e. The zero-order chi connectivity index (χ0) is 12.3. The molecule has 0 bridgehead atoms. The summed E-state index contributed by atoms with van der Waals surface area (Å²) >= 11 is 1.43. The number of ether oxygens (including phenoxy) is 1. The van der Waals surface area contributed by atoms with E-state index in [9.17, 15) is 4.79 Å². The molecule has 1 unspecified atom stereocenters. The molecule has 2 rings (SSSR count). The van der Waals surface area contributed by atoms with Gasteiger partial charge in [0.2, 0.25) is 0 Å². The Morgan fingerprint density at radius 2 is 2.59 bits per heavy atom. The number of nitrogens with zero attached hydrogens (tertiary/aromatic N) is 2. The Kier molecular flexibility index (Phi) is 4.09. The number of nitrogens with two attached hydrogens (primary N) is 1. The van der Waals surface area contributed by atoms with Gasteiger partial charge in [-0.2, -0.15) is 0 Å². The number of amides is 1. The van der Waals surface area contributed by atoms with Crippen molar-refractivity contribution in [2.45, 2.75) is 25.5 Å². The normalized spacial score (nSPS) is 20.6. The first-order valence-electron chi connectivity index (χ1n) is 5.71. The maximum Gasteiger partial charge on any atom is 0.273 e. The average Bonchev–Trinajstić information content (AvgIpc) is 2.86. The highest BCUT2D eigenvalue weighted by molar-refractivity contribution is 7.09. The summed E-state index contributed by atoms with van der Waals surface area (Å²) in [6, 6.07) is 0. The lowest BCUT2D eigenvalue weighted by Gasteiger charge is -2.31. The molecule has 1 fully saturated rings. The molecular formula is C11H17N3O2S. The molecule has 0 aliphatic carbocycles. The molecular weight excluding hydrogens is 238 g/mol. The monoisotopic (exact) mass is 255 g/mol. The summed E-state index contributed by atoms with van der Waals surface area (Å²) in [4.78, 5) is 18.2. The van der Waals surface area contributed by atoms with Gasteiger partial charge >= 0.3 is 0 Å². The van der Waals surface area contributed by atoms with Gasteiger partial charge in [0.15, 0.2) is 0 Å². The molecule has 0 spiro atoms. The number of hydrogen-bond donors (Lipinski definition) is 1. The highest BCUT2D eigenvalue weighted by atomic mass is 32.1. The summed E-state index contributed by atoms with van der Waals surface area (Å²) in [5.41, 5.74) is 6.00. The van der Waals surface area contributed by atoms with Crippen molar-refractivity contribution in [1.82, 2.24) is 9.88 Å². The Balaban J connectivity index is 2.03. The van der Waals surface area contributed by atoms with Crippen molar-refractivity contribution in [3.63, 3.8) is 0 Å². The van der Waals surface area contributed by atoms with Crippen LogP contribution < -0.4 is 5.73 Å². The summed E-state index contributed by atoms with van der Waals surface area (Å²) in [6.45, 7) is 1.83. The van der Waals surface area contributed by atoms with Crippen molar-refractivity contribution in [3.05, 3.63) is 16.1 Å². The maximum absolute atomic E-state index is 12.2. The summed E-state index contributed by atoms with van der Waals surface area (Å²) in [5.74, 6) is -0.0114. The van der Waals surface area contributed by atoms with Crippen LogP contribution in [-0.2, 0) is 11.3 Å². The third-order valence-electron chi connectivity index (χ3n) is 2.94. The van der Waals surface area contributed by atoms with Gasteiger partial charge in [-0.05, 0) is 12.8 Å². The van der Waals surface area contributed by atoms with Crippen LogP contribution in [-0.4, -0.2) is 42.1 Å². The van der Waals surface area contributed by atoms with Crippen LogP contribution in [0.1, 0.15) is 28.3 Å². The highest BCUT2D eigenvalue weighted by Gasteiger charge is 2.25. The fraction of sp³-hybridized carbons (Fsp3) is 0.636. The predicted molar refractivity (Wildman–Crippen MR) is 65.9 cm³/mol. The number of rotatable bonds is 3. The molecule has 1 amide bonds. The number of carbonyl (C=O) groups is 1. The van der Waals surface area contributed by atoms with Gasteiger partial charge in [0.25, 0.3) is 5.91 Å². The number of hydrogen-bond acceptors (Lipinski definition) is 5. The SMILES string of the molecule is COC1CCCN(C(=O)c2csc(CN)n2)C1. The van der Waals surface area contributed by atoms with Crippen LogP contribution in [0.2, 0.25) is 0 Å². The van der Waals surface area contributed by atoms with E-state index < -0.39 is 0 Å². The minimum absolute atomic E-state index is 0.0114. The third-order valence-corrected chi connectivity index (χ3v) is 3.82. The van der Waals surface area contributed by atoms with E-state index in [0.717, 1.165) is 24.4 Å². The van der Waals surface area contributed by atoms with Crippen molar-refractivity contribution in [2.24, 2.45) is 5.73 Å². The zero-order valence-corrected chi connectivity index (χ0v) is 10.7. The minimum atomic E-state index is -0.0114. The summed E-state index contributed by atoms with van der Waals surface area (Å²) in [5, 5.41) is 2.58. The topological polar surface area (TPSA) is 68.5 Å². The van der Waals surface area contributed by atoms with Gasteiger partial charge in [-0.15, -0.1) is 11.3 Å². The Labute approximate surface area is 105 Å². The molecule has 1 aromatic heterocycles. The maximum atomic E-state index is 12.2. The van der Waals surface area contributed by atoms with E-state index in [4.69, 9.17) is 10.5 Å². The quantitative estimate of drug-likeness (QED) is 0.869. The van der Waals surface area contributed by atoms with E-state index in [1.54, 1.807) is 12.5 Å². The van der Waals surface area contributed by atoms with Gasteiger partial charge in [-0.25, -0.2) is 4.98 Å². The Morgan fingerprint density at radius 3 is 3.24 bits per heavy atom. The first-order valence-corrected chi connectivity index (χ1v) is 6.59. The van der Waals surface area contributed by atoms with Crippen LogP contribution in [0.4, 0.5) is 0 Å². The van der Waals surface area contributed by atoms with Crippen LogP contribution in [0.25, 0.3) is 0 Å². The molecule has 1 aliphatic rings. The van der Waals surface area contributed by atoms with E-state index >= 15 is 0 Å². The number of methoxy groups -OCH3 is 1. The van der Waals surface area contributed by atoms with Crippen LogP contribution in [0.15, 0.2) is 5.38 Å². The van der Waals surface area contributed by atoms with E-state index in [2.05, 4.69) is 4.98 Å². The minimum Gasteiger partial charge on any atom is -0.380 e. The molecule has 2 heterocycles. The molecule has 1 aromatic rings. The molecule has 94 valence electrons. The van der Waals surface area contributed by atoms with Gasteiger partial charge < -0.3 is 15.4 Å². The first-order chi connectivity index (χ1) is 8.24. The second-order valence-electron chi connectivity index (χ2n) is 4.08. The lowest BCUT2D eigenvalue weighted by Crippen LogP contribution is -2.43. The van der Waals surface area contributed by atoms with Crippen molar-refractivity contribution in [2.75, 3.05) is 20.2 Å². The summed E-state index contributed by atoms with van der Waals surface area (Å²) < 4.78 is 5.30. The second kappa shape index (κ2) is 5.57. The molecule has 1 saturated heterocycles. The fourth-order valence-electron chi connectivity index (χ4n) is 1.98. The second-order valence-corrected chi connectivity index (χ2v) is 5.02. The van der Waals surface area contributed by atoms with Crippen molar-refractivity contribution in [1.29, 1.82) is 0 Å². The van der Waals surface area contributed by atoms with Crippen LogP contribution in [0.5, 0.6) is 0 Å². The molecule has 0 saturated carbocycles. The smallest absolute Gasteiger partial charge is 0.273 e. The van der Waals surface area contributed by atoms with Crippen molar-refractivity contribution in [3.8, 4) is 0 Å². The summed E-state index contributed by atoms with van der Waals surface area (Å²) in [7, 11) is 1.69. The van der Waals surface area contributed by atoms with E-state index in [1.807, 2.05) is 4.90 Å². The standard InChI is InChI=1S/C11H17N3O2S/c1-16-8-3-2-4-14(6-8)11(15)9-7-17-10(5-12)13-9/h7-8H,2-6,12H2,1H3. The average molecular weight is 255 g/mol. The molecule has 5 nitrogen and oxygen atoms in total. The molecule has 17 heavy (non-hydrogen) atoms. The molecule has 1 atom stereocenters. The number of piperidine rings is 1. The number of aromatic nitrogens is 1.